The summed E-state index contributed by atoms with van der Waals surface area (Å²) in [4.78, 5) is 11.1. The first-order valence-corrected chi connectivity index (χ1v) is 3.45. The summed E-state index contributed by atoms with van der Waals surface area (Å²) in [6.07, 6.45) is 1.52. The van der Waals surface area contributed by atoms with Crippen LogP contribution < -0.4 is 5.32 Å². The number of hydrogen-bond acceptors (Lipinski definition) is 3. The summed E-state index contributed by atoms with van der Waals surface area (Å²) in [7, 11) is 0. The number of nitrogens with one attached hydrogen (secondary N) is 1. The van der Waals surface area contributed by atoms with E-state index in [4.69, 9.17) is 4.52 Å². The average molecular weight is 154 g/mol. The van der Waals surface area contributed by atoms with Gasteiger partial charge in [-0.3, -0.25) is 4.79 Å². The summed E-state index contributed by atoms with van der Waals surface area (Å²) in [5.74, 6) is 0.0920. The number of amides is 1. The van der Waals surface area contributed by atoms with Crippen LogP contribution in [-0.2, 0) is 0 Å². The molecule has 0 aromatic carbocycles. The highest BCUT2D eigenvalue weighted by Crippen LogP contribution is 2.04. The van der Waals surface area contributed by atoms with Crippen molar-refractivity contribution >= 4 is 5.91 Å². The van der Waals surface area contributed by atoms with Gasteiger partial charge in [0.15, 0.2) is 0 Å². The molecule has 1 heterocycles. The van der Waals surface area contributed by atoms with Crippen LogP contribution in [0.4, 0.5) is 0 Å². The molecule has 4 heteroatoms. The molecule has 1 rings (SSSR count). The lowest BCUT2D eigenvalue weighted by Gasteiger charge is -1.96. The summed E-state index contributed by atoms with van der Waals surface area (Å²) < 4.78 is 4.72. The third-order valence-electron chi connectivity index (χ3n) is 1.29. The van der Waals surface area contributed by atoms with E-state index in [1.54, 1.807) is 6.92 Å². The lowest BCUT2D eigenvalue weighted by molar-refractivity contribution is 0.0918. The van der Waals surface area contributed by atoms with Crippen molar-refractivity contribution in [2.75, 3.05) is 6.54 Å². The molecule has 11 heavy (non-hydrogen) atoms. The maximum atomic E-state index is 11.1. The summed E-state index contributed by atoms with van der Waals surface area (Å²) in [6.45, 7) is 4.23. The molecule has 0 aliphatic heterocycles. The molecule has 0 radical (unpaired) electrons. The Hall–Kier alpha value is -1.32. The van der Waals surface area contributed by atoms with Gasteiger partial charge in [0.05, 0.1) is 6.20 Å². The third kappa shape index (κ3) is 1.58. The lowest BCUT2D eigenvalue weighted by atomic mass is 10.3. The van der Waals surface area contributed by atoms with Gasteiger partial charge in [-0.1, -0.05) is 5.16 Å². The standard InChI is InChI=1S/C7H10N2O2/c1-3-8-7(10)6-5(2)4-9-11-6/h4H,3H2,1-2H3,(H,8,10). The normalized spacial score (nSPS) is 9.64. The second kappa shape index (κ2) is 3.18. The van der Waals surface area contributed by atoms with Crippen LogP contribution in [0.5, 0.6) is 0 Å². The number of hydrogen-bond donors (Lipinski definition) is 1. The van der Waals surface area contributed by atoms with E-state index in [1.807, 2.05) is 6.92 Å². The molecule has 0 saturated carbocycles. The largest absolute Gasteiger partial charge is 0.351 e. The fourth-order valence-corrected chi connectivity index (χ4v) is 0.750. The van der Waals surface area contributed by atoms with Gasteiger partial charge in [0.2, 0.25) is 5.76 Å². The van der Waals surface area contributed by atoms with Crippen molar-refractivity contribution in [1.82, 2.24) is 10.5 Å². The van der Waals surface area contributed by atoms with E-state index in [0.29, 0.717) is 12.3 Å². The van der Waals surface area contributed by atoms with Crippen molar-refractivity contribution in [3.8, 4) is 0 Å². The van der Waals surface area contributed by atoms with E-state index in [-0.39, 0.29) is 5.91 Å². The Bertz CT molecular complexity index is 255. The van der Waals surface area contributed by atoms with Crippen molar-refractivity contribution in [1.29, 1.82) is 0 Å². The molecule has 1 N–H and O–H groups in total. The molecule has 4 nitrogen and oxygen atoms in total. The van der Waals surface area contributed by atoms with Gasteiger partial charge in [-0.05, 0) is 13.8 Å². The Labute approximate surface area is 64.6 Å². The van der Waals surface area contributed by atoms with Gasteiger partial charge >= 0.3 is 0 Å². The lowest BCUT2D eigenvalue weighted by Crippen LogP contribution is -2.22. The second-order valence-corrected chi connectivity index (χ2v) is 2.20. The van der Waals surface area contributed by atoms with E-state index < -0.39 is 0 Å². The van der Waals surface area contributed by atoms with Crippen LogP contribution in [0, 0.1) is 6.92 Å². The van der Waals surface area contributed by atoms with Crippen LogP contribution in [0.2, 0.25) is 0 Å². The number of rotatable bonds is 2. The van der Waals surface area contributed by atoms with Gasteiger partial charge in [-0.25, -0.2) is 0 Å². The number of nitrogens with zero attached hydrogens (tertiary/aromatic N) is 1. The molecule has 0 unspecified atom stereocenters. The Balaban J connectivity index is 2.76. The van der Waals surface area contributed by atoms with Crippen LogP contribution in [0.15, 0.2) is 10.7 Å². The quantitative estimate of drug-likeness (QED) is 0.683. The highest BCUT2D eigenvalue weighted by atomic mass is 16.5. The first-order valence-electron chi connectivity index (χ1n) is 3.45. The zero-order chi connectivity index (χ0) is 8.27. The molecule has 1 amide bonds. The molecule has 0 spiro atoms. The second-order valence-electron chi connectivity index (χ2n) is 2.20. The molecule has 0 fully saturated rings. The predicted octanol–water partition coefficient (Wildman–Crippen LogP) is 0.733. The predicted molar refractivity (Wildman–Crippen MR) is 39.2 cm³/mol. The molecule has 60 valence electrons. The van der Waals surface area contributed by atoms with Crippen LogP contribution in [-0.4, -0.2) is 17.6 Å². The van der Waals surface area contributed by atoms with Crippen LogP contribution in [0.1, 0.15) is 23.0 Å². The smallest absolute Gasteiger partial charge is 0.290 e. The van der Waals surface area contributed by atoms with Gasteiger partial charge < -0.3 is 9.84 Å². The topological polar surface area (TPSA) is 55.1 Å². The summed E-state index contributed by atoms with van der Waals surface area (Å²) in [5, 5.41) is 6.11. The van der Waals surface area contributed by atoms with Crippen LogP contribution in [0.3, 0.4) is 0 Å². The Morgan fingerprint density at radius 1 is 1.82 bits per heavy atom. The van der Waals surface area contributed by atoms with E-state index in [9.17, 15) is 4.79 Å². The van der Waals surface area contributed by atoms with Gasteiger partial charge in [0.25, 0.3) is 5.91 Å². The molecule has 0 bridgehead atoms. The SMILES string of the molecule is CCNC(=O)c1oncc1C. The maximum Gasteiger partial charge on any atom is 0.290 e. The fourth-order valence-electron chi connectivity index (χ4n) is 0.750. The molecular weight excluding hydrogens is 144 g/mol. The van der Waals surface area contributed by atoms with E-state index >= 15 is 0 Å². The minimum Gasteiger partial charge on any atom is -0.351 e. The van der Waals surface area contributed by atoms with E-state index in [2.05, 4.69) is 10.5 Å². The van der Waals surface area contributed by atoms with Gasteiger partial charge in [0, 0.05) is 12.1 Å². The maximum absolute atomic E-state index is 11.1. The average Bonchev–Trinajstić information content (AvgIpc) is 2.36. The van der Waals surface area contributed by atoms with Crippen molar-refractivity contribution in [3.63, 3.8) is 0 Å². The molecule has 0 saturated heterocycles. The van der Waals surface area contributed by atoms with Crippen LogP contribution in [0.25, 0.3) is 0 Å². The molecular formula is C7H10N2O2. The van der Waals surface area contributed by atoms with Crippen LogP contribution >= 0.6 is 0 Å². The van der Waals surface area contributed by atoms with Crippen molar-refractivity contribution < 1.29 is 9.32 Å². The molecule has 0 aliphatic carbocycles. The zero-order valence-electron chi connectivity index (χ0n) is 6.55. The highest BCUT2D eigenvalue weighted by Gasteiger charge is 2.11. The summed E-state index contributed by atoms with van der Waals surface area (Å²) in [6, 6.07) is 0. The Morgan fingerprint density at radius 2 is 2.55 bits per heavy atom. The summed E-state index contributed by atoms with van der Waals surface area (Å²) >= 11 is 0. The zero-order valence-corrected chi connectivity index (χ0v) is 6.55. The first-order chi connectivity index (χ1) is 5.25. The monoisotopic (exact) mass is 154 g/mol. The van der Waals surface area contributed by atoms with Gasteiger partial charge in [-0.2, -0.15) is 0 Å². The van der Waals surface area contributed by atoms with Crippen molar-refractivity contribution in [3.05, 3.63) is 17.5 Å². The minimum absolute atomic E-state index is 0.206. The number of aryl methyl sites for hydroxylation is 1. The number of carbonyl (C=O) groups excluding carboxylic acids is 1. The number of carbonyl (C=O) groups is 1. The minimum atomic E-state index is -0.206. The van der Waals surface area contributed by atoms with Gasteiger partial charge in [0.1, 0.15) is 0 Å². The molecule has 1 aromatic heterocycles. The third-order valence-corrected chi connectivity index (χ3v) is 1.29. The van der Waals surface area contributed by atoms with E-state index in [1.165, 1.54) is 6.20 Å². The fraction of sp³-hybridized carbons (Fsp3) is 0.429. The first kappa shape index (κ1) is 7.78. The van der Waals surface area contributed by atoms with Crippen molar-refractivity contribution in [2.24, 2.45) is 0 Å². The van der Waals surface area contributed by atoms with Crippen molar-refractivity contribution in [2.45, 2.75) is 13.8 Å². The molecule has 0 atom stereocenters. The summed E-state index contributed by atoms with van der Waals surface area (Å²) in [5.41, 5.74) is 0.760. The van der Waals surface area contributed by atoms with Gasteiger partial charge in [-0.15, -0.1) is 0 Å². The highest BCUT2D eigenvalue weighted by molar-refractivity contribution is 5.92. The molecule has 0 aliphatic rings. The molecule has 1 aromatic rings. The number of aromatic nitrogens is 1. The Kier molecular flexibility index (Phi) is 2.25. The Morgan fingerprint density at radius 3 is 3.00 bits per heavy atom. The van der Waals surface area contributed by atoms with E-state index in [0.717, 1.165) is 5.56 Å².